The molecule has 0 radical (unpaired) electrons. The van der Waals surface area contributed by atoms with E-state index in [1.165, 1.54) is 12.1 Å². The van der Waals surface area contributed by atoms with Crippen molar-refractivity contribution in [3.63, 3.8) is 0 Å². The van der Waals surface area contributed by atoms with E-state index >= 15 is 0 Å². The Morgan fingerprint density at radius 1 is 1.18 bits per heavy atom. The SMILES string of the molecule is NC(CCSC(F)(F)F)Cc1ccc(F)cc1. The van der Waals surface area contributed by atoms with Crippen molar-refractivity contribution in [2.24, 2.45) is 5.73 Å². The highest BCUT2D eigenvalue weighted by atomic mass is 32.2. The van der Waals surface area contributed by atoms with Gasteiger partial charge in [0.15, 0.2) is 0 Å². The van der Waals surface area contributed by atoms with Crippen LogP contribution >= 0.6 is 11.8 Å². The summed E-state index contributed by atoms with van der Waals surface area (Å²) in [5.41, 5.74) is 2.33. The number of hydrogen-bond donors (Lipinski definition) is 1. The van der Waals surface area contributed by atoms with E-state index in [2.05, 4.69) is 0 Å². The summed E-state index contributed by atoms with van der Waals surface area (Å²) in [6.45, 7) is 0. The van der Waals surface area contributed by atoms with Gasteiger partial charge in [0, 0.05) is 11.8 Å². The van der Waals surface area contributed by atoms with Crippen molar-refractivity contribution in [1.82, 2.24) is 0 Å². The lowest BCUT2D eigenvalue weighted by atomic mass is 10.1. The van der Waals surface area contributed by atoms with Crippen molar-refractivity contribution in [2.75, 3.05) is 5.75 Å². The van der Waals surface area contributed by atoms with Crippen LogP contribution in [0.5, 0.6) is 0 Å². The molecule has 2 N–H and O–H groups in total. The largest absolute Gasteiger partial charge is 0.441 e. The topological polar surface area (TPSA) is 26.0 Å². The molecule has 0 amide bonds. The van der Waals surface area contributed by atoms with Crippen LogP contribution in [-0.4, -0.2) is 17.3 Å². The first-order valence-electron chi connectivity index (χ1n) is 5.07. The van der Waals surface area contributed by atoms with E-state index in [-0.39, 0.29) is 35.8 Å². The van der Waals surface area contributed by atoms with Gasteiger partial charge in [-0.25, -0.2) is 4.39 Å². The first-order chi connectivity index (χ1) is 7.87. The minimum atomic E-state index is -4.20. The molecule has 1 unspecified atom stereocenters. The number of alkyl halides is 3. The second-order valence-electron chi connectivity index (χ2n) is 3.67. The molecule has 96 valence electrons. The maximum absolute atomic E-state index is 12.6. The lowest BCUT2D eigenvalue weighted by Gasteiger charge is -2.12. The molecule has 0 saturated heterocycles. The van der Waals surface area contributed by atoms with Crippen molar-refractivity contribution >= 4 is 11.8 Å². The second kappa shape index (κ2) is 6.26. The Morgan fingerprint density at radius 2 is 1.76 bits per heavy atom. The minimum absolute atomic E-state index is 0.0497. The van der Waals surface area contributed by atoms with Crippen LogP contribution in [-0.2, 0) is 6.42 Å². The quantitative estimate of drug-likeness (QED) is 0.828. The zero-order valence-corrected chi connectivity index (χ0v) is 9.82. The van der Waals surface area contributed by atoms with E-state index in [0.29, 0.717) is 6.42 Å². The first-order valence-corrected chi connectivity index (χ1v) is 6.06. The van der Waals surface area contributed by atoms with Gasteiger partial charge in [-0.05, 0) is 30.5 Å². The Hall–Kier alpha value is -0.750. The molecule has 0 saturated carbocycles. The van der Waals surface area contributed by atoms with Crippen molar-refractivity contribution in [2.45, 2.75) is 24.4 Å². The lowest BCUT2D eigenvalue weighted by molar-refractivity contribution is -0.0328. The number of benzene rings is 1. The van der Waals surface area contributed by atoms with E-state index in [1.54, 1.807) is 12.1 Å². The number of nitrogens with two attached hydrogens (primary N) is 1. The van der Waals surface area contributed by atoms with Gasteiger partial charge >= 0.3 is 5.51 Å². The van der Waals surface area contributed by atoms with Crippen molar-refractivity contribution in [3.05, 3.63) is 35.6 Å². The van der Waals surface area contributed by atoms with E-state index in [9.17, 15) is 17.6 Å². The zero-order valence-electron chi connectivity index (χ0n) is 9.01. The summed E-state index contributed by atoms with van der Waals surface area (Å²) in [4.78, 5) is 0. The Balaban J connectivity index is 2.30. The number of hydrogen-bond acceptors (Lipinski definition) is 2. The van der Waals surface area contributed by atoms with Gasteiger partial charge < -0.3 is 5.73 Å². The second-order valence-corrected chi connectivity index (χ2v) is 4.83. The molecule has 0 aliphatic rings. The molecule has 1 rings (SSSR count). The summed E-state index contributed by atoms with van der Waals surface area (Å²) in [7, 11) is 0. The molecule has 0 heterocycles. The van der Waals surface area contributed by atoms with Gasteiger partial charge in [0.25, 0.3) is 0 Å². The van der Waals surface area contributed by atoms with Crippen LogP contribution in [0.25, 0.3) is 0 Å². The summed E-state index contributed by atoms with van der Waals surface area (Å²) < 4.78 is 48.2. The zero-order chi connectivity index (χ0) is 12.9. The average Bonchev–Trinajstić information content (AvgIpc) is 2.19. The maximum atomic E-state index is 12.6. The molecule has 1 aromatic rings. The third-order valence-electron chi connectivity index (χ3n) is 2.17. The Kier molecular flexibility index (Phi) is 5.27. The smallest absolute Gasteiger partial charge is 0.327 e. The predicted octanol–water partition coefficient (Wildman–Crippen LogP) is 3.34. The van der Waals surface area contributed by atoms with Crippen LogP contribution in [0.3, 0.4) is 0 Å². The number of thioether (sulfide) groups is 1. The summed E-state index contributed by atoms with van der Waals surface area (Å²) >= 11 is -0.0651. The predicted molar refractivity (Wildman–Crippen MR) is 61.2 cm³/mol. The van der Waals surface area contributed by atoms with Crippen LogP contribution in [0, 0.1) is 5.82 Å². The van der Waals surface area contributed by atoms with Gasteiger partial charge in [-0.15, -0.1) is 0 Å². The van der Waals surface area contributed by atoms with E-state index in [1.807, 2.05) is 0 Å². The van der Waals surface area contributed by atoms with Crippen molar-refractivity contribution < 1.29 is 17.6 Å². The number of rotatable bonds is 5. The van der Waals surface area contributed by atoms with Crippen LogP contribution in [0.2, 0.25) is 0 Å². The Labute approximate surface area is 101 Å². The fourth-order valence-electron chi connectivity index (χ4n) is 1.35. The standard InChI is InChI=1S/C11H13F4NS/c12-9-3-1-8(2-4-9)7-10(16)5-6-17-11(13,14)15/h1-4,10H,5-7,16H2. The van der Waals surface area contributed by atoms with Crippen LogP contribution in [0.1, 0.15) is 12.0 Å². The fraction of sp³-hybridized carbons (Fsp3) is 0.455. The highest BCUT2D eigenvalue weighted by Crippen LogP contribution is 2.30. The molecule has 1 aromatic carbocycles. The molecule has 0 bridgehead atoms. The summed E-state index contributed by atoms with van der Waals surface area (Å²) in [5, 5.41) is 0. The third kappa shape index (κ3) is 6.53. The molecule has 0 aliphatic carbocycles. The van der Waals surface area contributed by atoms with E-state index in [4.69, 9.17) is 5.73 Å². The van der Waals surface area contributed by atoms with Gasteiger partial charge in [0.2, 0.25) is 0 Å². The molecule has 17 heavy (non-hydrogen) atoms. The molecule has 1 nitrogen and oxygen atoms in total. The van der Waals surface area contributed by atoms with Gasteiger partial charge in [0.05, 0.1) is 0 Å². The Bertz CT molecular complexity index is 336. The first kappa shape index (κ1) is 14.3. The minimum Gasteiger partial charge on any atom is -0.327 e. The summed E-state index contributed by atoms with van der Waals surface area (Å²) in [5.74, 6) is -0.388. The molecule has 0 aliphatic heterocycles. The van der Waals surface area contributed by atoms with Gasteiger partial charge in [-0.2, -0.15) is 13.2 Å². The molecule has 6 heteroatoms. The summed E-state index contributed by atoms with van der Waals surface area (Å²) in [6.07, 6.45) is 0.736. The van der Waals surface area contributed by atoms with Gasteiger partial charge in [-0.3, -0.25) is 0 Å². The normalized spacial score (nSPS) is 13.7. The van der Waals surface area contributed by atoms with Gasteiger partial charge in [0.1, 0.15) is 5.82 Å². The molecule has 0 aromatic heterocycles. The average molecular weight is 267 g/mol. The highest BCUT2D eigenvalue weighted by molar-refractivity contribution is 8.00. The van der Waals surface area contributed by atoms with Crippen molar-refractivity contribution in [3.8, 4) is 0 Å². The Morgan fingerprint density at radius 3 is 2.29 bits per heavy atom. The monoisotopic (exact) mass is 267 g/mol. The summed E-state index contributed by atoms with van der Waals surface area (Å²) in [6, 6.07) is 5.47. The van der Waals surface area contributed by atoms with E-state index < -0.39 is 5.51 Å². The third-order valence-corrected chi connectivity index (χ3v) is 2.93. The van der Waals surface area contributed by atoms with Crippen molar-refractivity contribution in [1.29, 1.82) is 0 Å². The molecule has 1 atom stereocenters. The highest BCUT2D eigenvalue weighted by Gasteiger charge is 2.27. The molecule has 0 spiro atoms. The van der Waals surface area contributed by atoms with E-state index in [0.717, 1.165) is 5.56 Å². The molecular formula is C11H13F4NS. The number of halogens is 4. The lowest BCUT2D eigenvalue weighted by Crippen LogP contribution is -2.24. The van der Waals surface area contributed by atoms with Gasteiger partial charge in [-0.1, -0.05) is 23.9 Å². The van der Waals surface area contributed by atoms with Crippen LogP contribution in [0.4, 0.5) is 17.6 Å². The molecule has 0 fully saturated rings. The van der Waals surface area contributed by atoms with Crippen LogP contribution in [0.15, 0.2) is 24.3 Å². The van der Waals surface area contributed by atoms with Crippen LogP contribution < -0.4 is 5.73 Å². The fourth-order valence-corrected chi connectivity index (χ4v) is 2.00. The maximum Gasteiger partial charge on any atom is 0.441 e. The molecular weight excluding hydrogens is 254 g/mol.